The molecule has 0 bridgehead atoms. The van der Waals surface area contributed by atoms with Crippen LogP contribution in [0.25, 0.3) is 0 Å². The number of carbonyl (C=O) groups is 1. The van der Waals surface area contributed by atoms with E-state index in [2.05, 4.69) is 4.72 Å². The van der Waals surface area contributed by atoms with Gasteiger partial charge < -0.3 is 19.1 Å². The second kappa shape index (κ2) is 7.57. The molecule has 2 aromatic rings. The maximum absolute atomic E-state index is 12.6. The van der Waals surface area contributed by atoms with Crippen LogP contribution in [-0.4, -0.2) is 40.3 Å². The number of carbonyl (C=O) groups excluding carboxylic acids is 1. The predicted molar refractivity (Wildman–Crippen MR) is 106 cm³/mol. The van der Waals surface area contributed by atoms with Gasteiger partial charge in [-0.1, -0.05) is 0 Å². The number of amides is 1. The summed E-state index contributed by atoms with van der Waals surface area (Å²) in [6.45, 7) is 3.92. The van der Waals surface area contributed by atoms with Crippen LogP contribution < -0.4 is 23.8 Å². The summed E-state index contributed by atoms with van der Waals surface area (Å²) in [5, 5.41) is 0. The Hall–Kier alpha value is -2.78. The van der Waals surface area contributed by atoms with Gasteiger partial charge >= 0.3 is 0 Å². The van der Waals surface area contributed by atoms with Crippen molar-refractivity contribution in [1.29, 1.82) is 0 Å². The fraction of sp³-hybridized carbons (Fsp3) is 0.350. The van der Waals surface area contributed by atoms with Gasteiger partial charge in [0.2, 0.25) is 22.7 Å². The van der Waals surface area contributed by atoms with E-state index in [4.69, 9.17) is 14.2 Å². The third kappa shape index (κ3) is 3.88. The molecule has 1 atom stereocenters. The van der Waals surface area contributed by atoms with Gasteiger partial charge in [0.1, 0.15) is 12.4 Å². The smallest absolute Gasteiger partial charge is 0.240 e. The first-order valence-corrected chi connectivity index (χ1v) is 10.8. The third-order valence-electron chi connectivity index (χ3n) is 4.92. The lowest BCUT2D eigenvalue weighted by atomic mass is 10.1. The minimum Gasteiger partial charge on any atom is -0.492 e. The van der Waals surface area contributed by atoms with Crippen LogP contribution in [-0.2, 0) is 21.2 Å². The van der Waals surface area contributed by atoms with Gasteiger partial charge in [0, 0.05) is 31.3 Å². The lowest BCUT2D eigenvalue weighted by Gasteiger charge is -2.20. The molecule has 0 fully saturated rings. The number of hydrogen-bond donors (Lipinski definition) is 1. The van der Waals surface area contributed by atoms with Crippen molar-refractivity contribution in [1.82, 2.24) is 4.72 Å². The second-order valence-corrected chi connectivity index (χ2v) is 8.76. The van der Waals surface area contributed by atoms with Crippen molar-refractivity contribution in [3.63, 3.8) is 0 Å². The normalized spacial score (nSPS) is 17.3. The van der Waals surface area contributed by atoms with Crippen LogP contribution in [0, 0.1) is 0 Å². The quantitative estimate of drug-likeness (QED) is 0.722. The molecule has 154 valence electrons. The van der Waals surface area contributed by atoms with Crippen LogP contribution in [0.1, 0.15) is 19.4 Å². The molecular formula is C20H22N2O6S. The standard InChI is InChI=1S/C20H22N2O6S/c1-13-9-15-10-17(4-5-18(15)22(13)14(2)23)29(24,25)21-7-8-26-16-3-6-19-20(11-16)28-12-27-19/h3-6,10-11,13,21H,7-9,12H2,1-2H3. The van der Waals surface area contributed by atoms with E-state index in [0.29, 0.717) is 23.7 Å². The van der Waals surface area contributed by atoms with Crippen LogP contribution in [0.15, 0.2) is 41.3 Å². The van der Waals surface area contributed by atoms with Gasteiger partial charge in [-0.15, -0.1) is 0 Å². The van der Waals surface area contributed by atoms with E-state index in [1.165, 1.54) is 13.0 Å². The minimum atomic E-state index is -3.68. The number of hydrogen-bond acceptors (Lipinski definition) is 6. The summed E-state index contributed by atoms with van der Waals surface area (Å²) in [5.74, 6) is 1.79. The van der Waals surface area contributed by atoms with Crippen LogP contribution in [0.2, 0.25) is 0 Å². The Balaban J connectivity index is 1.37. The van der Waals surface area contributed by atoms with E-state index in [0.717, 1.165) is 11.3 Å². The monoisotopic (exact) mass is 418 g/mol. The molecule has 2 aromatic carbocycles. The zero-order valence-corrected chi connectivity index (χ0v) is 17.0. The van der Waals surface area contributed by atoms with Crippen molar-refractivity contribution in [3.05, 3.63) is 42.0 Å². The fourth-order valence-corrected chi connectivity index (χ4v) is 4.71. The first-order valence-electron chi connectivity index (χ1n) is 9.30. The highest BCUT2D eigenvalue weighted by Gasteiger charge is 2.30. The van der Waals surface area contributed by atoms with Gasteiger partial charge in [-0.05, 0) is 49.2 Å². The number of benzene rings is 2. The fourth-order valence-electron chi connectivity index (χ4n) is 3.65. The van der Waals surface area contributed by atoms with Crippen molar-refractivity contribution in [2.75, 3.05) is 24.8 Å². The van der Waals surface area contributed by atoms with Crippen molar-refractivity contribution in [2.24, 2.45) is 0 Å². The lowest BCUT2D eigenvalue weighted by molar-refractivity contribution is -0.116. The van der Waals surface area contributed by atoms with Crippen LogP contribution in [0.5, 0.6) is 17.2 Å². The number of fused-ring (bicyclic) bond motifs is 2. The van der Waals surface area contributed by atoms with Crippen LogP contribution >= 0.6 is 0 Å². The molecule has 0 saturated heterocycles. The van der Waals surface area contributed by atoms with Gasteiger partial charge in [0.15, 0.2) is 11.5 Å². The van der Waals surface area contributed by atoms with Crippen LogP contribution in [0.3, 0.4) is 0 Å². The Morgan fingerprint density at radius 3 is 2.79 bits per heavy atom. The average molecular weight is 418 g/mol. The summed E-state index contributed by atoms with van der Waals surface area (Å²) < 4.78 is 43.9. The molecule has 8 nitrogen and oxygen atoms in total. The molecule has 0 aromatic heterocycles. The molecule has 1 N–H and O–H groups in total. The summed E-state index contributed by atoms with van der Waals surface area (Å²) in [6.07, 6.45) is 0.630. The summed E-state index contributed by atoms with van der Waals surface area (Å²) in [4.78, 5) is 13.7. The minimum absolute atomic E-state index is 0.0171. The molecule has 1 amide bonds. The van der Waals surface area contributed by atoms with E-state index in [1.54, 1.807) is 35.2 Å². The molecule has 2 heterocycles. The predicted octanol–water partition coefficient (Wildman–Crippen LogP) is 2.07. The van der Waals surface area contributed by atoms with Crippen molar-refractivity contribution in [2.45, 2.75) is 31.2 Å². The molecular weight excluding hydrogens is 396 g/mol. The molecule has 29 heavy (non-hydrogen) atoms. The summed E-state index contributed by atoms with van der Waals surface area (Å²) in [5.41, 5.74) is 1.63. The van der Waals surface area contributed by atoms with Gasteiger partial charge in [0.05, 0.1) is 4.90 Å². The van der Waals surface area contributed by atoms with Gasteiger partial charge in [-0.3, -0.25) is 4.79 Å². The summed E-state index contributed by atoms with van der Waals surface area (Å²) in [7, 11) is -3.68. The van der Waals surface area contributed by atoms with E-state index < -0.39 is 10.0 Å². The Morgan fingerprint density at radius 2 is 2.00 bits per heavy atom. The topological polar surface area (TPSA) is 94.2 Å². The number of ether oxygens (including phenoxy) is 3. The average Bonchev–Trinajstić information content (AvgIpc) is 3.27. The van der Waals surface area contributed by atoms with Gasteiger partial charge in [0.25, 0.3) is 0 Å². The zero-order chi connectivity index (χ0) is 20.6. The Morgan fingerprint density at radius 1 is 1.21 bits per heavy atom. The number of sulfonamides is 1. The molecule has 0 radical (unpaired) electrons. The summed E-state index contributed by atoms with van der Waals surface area (Å²) in [6, 6.07) is 10.1. The number of rotatable bonds is 6. The molecule has 0 saturated carbocycles. The van der Waals surface area contributed by atoms with E-state index >= 15 is 0 Å². The molecule has 0 spiro atoms. The van der Waals surface area contributed by atoms with Gasteiger partial charge in [-0.25, -0.2) is 13.1 Å². The molecule has 0 aliphatic carbocycles. The van der Waals surface area contributed by atoms with Gasteiger partial charge in [-0.2, -0.15) is 0 Å². The second-order valence-electron chi connectivity index (χ2n) is 6.99. The number of nitrogens with one attached hydrogen (secondary N) is 1. The highest BCUT2D eigenvalue weighted by molar-refractivity contribution is 7.89. The third-order valence-corrected chi connectivity index (χ3v) is 6.38. The van der Waals surface area contributed by atoms with E-state index in [-0.39, 0.29) is 36.8 Å². The molecule has 9 heteroatoms. The molecule has 2 aliphatic heterocycles. The maximum Gasteiger partial charge on any atom is 0.240 e. The largest absolute Gasteiger partial charge is 0.492 e. The van der Waals surface area contributed by atoms with E-state index in [1.807, 2.05) is 6.92 Å². The van der Waals surface area contributed by atoms with Crippen molar-refractivity contribution < 1.29 is 27.4 Å². The summed E-state index contributed by atoms with van der Waals surface area (Å²) >= 11 is 0. The first kappa shape index (κ1) is 19.5. The Labute approximate surface area is 169 Å². The highest BCUT2D eigenvalue weighted by Crippen LogP contribution is 2.35. The number of anilines is 1. The lowest BCUT2D eigenvalue weighted by Crippen LogP contribution is -2.33. The Bertz CT molecular complexity index is 1050. The molecule has 4 rings (SSSR count). The Kier molecular flexibility index (Phi) is 5.10. The van der Waals surface area contributed by atoms with Crippen molar-refractivity contribution in [3.8, 4) is 17.2 Å². The molecule has 2 aliphatic rings. The molecule has 1 unspecified atom stereocenters. The zero-order valence-electron chi connectivity index (χ0n) is 16.2. The SMILES string of the molecule is CC(=O)N1c2ccc(S(=O)(=O)NCCOc3ccc4c(c3)OCO4)cc2CC1C. The van der Waals surface area contributed by atoms with Crippen LogP contribution in [0.4, 0.5) is 5.69 Å². The van der Waals surface area contributed by atoms with E-state index in [9.17, 15) is 13.2 Å². The first-order chi connectivity index (χ1) is 13.8. The number of nitrogens with zero attached hydrogens (tertiary/aromatic N) is 1. The van der Waals surface area contributed by atoms with Crippen molar-refractivity contribution >= 4 is 21.6 Å². The highest BCUT2D eigenvalue weighted by atomic mass is 32.2. The maximum atomic E-state index is 12.6.